The monoisotopic (exact) mass is 798 g/mol. The number of hydrogen-bond acceptors (Lipinski definition) is 7. The summed E-state index contributed by atoms with van der Waals surface area (Å²) in [6, 6.07) is -0.734. The number of ether oxygens (including phenoxy) is 3. The molecular formula is C49H83NO7. The predicted octanol–water partition coefficient (Wildman–Crippen LogP) is 11.0. The number of carboxylic acid groups (broad SMARTS) is 1. The average molecular weight is 798 g/mol. The fraction of sp³-hybridized carbons (Fsp3) is 0.694. The first kappa shape index (κ1) is 53.8. The van der Waals surface area contributed by atoms with Crippen LogP contribution in [-0.2, 0) is 28.6 Å². The maximum Gasteiger partial charge on any atom is 0.306 e. The number of esters is 2. The van der Waals surface area contributed by atoms with Crippen molar-refractivity contribution in [3.8, 4) is 0 Å². The fourth-order valence-corrected chi connectivity index (χ4v) is 6.16. The number of unbranched alkanes of at least 4 members (excludes halogenated alkanes) is 13. The van der Waals surface area contributed by atoms with Gasteiger partial charge in [0.2, 0.25) is 0 Å². The van der Waals surface area contributed by atoms with Crippen molar-refractivity contribution in [2.75, 3.05) is 41.0 Å². The molecule has 0 aliphatic heterocycles. The molecule has 0 aliphatic carbocycles. The molecule has 0 rings (SSSR count). The largest absolute Gasteiger partial charge is 0.544 e. The lowest BCUT2D eigenvalue weighted by Crippen LogP contribution is -2.55. The van der Waals surface area contributed by atoms with Crippen molar-refractivity contribution in [3.05, 3.63) is 72.9 Å². The summed E-state index contributed by atoms with van der Waals surface area (Å²) in [6.45, 7) is 4.38. The molecule has 2 atom stereocenters. The van der Waals surface area contributed by atoms with Crippen LogP contribution in [-0.4, -0.2) is 75.5 Å². The van der Waals surface area contributed by atoms with E-state index in [-0.39, 0.29) is 42.7 Å². The van der Waals surface area contributed by atoms with E-state index < -0.39 is 18.1 Å². The molecule has 0 aliphatic rings. The van der Waals surface area contributed by atoms with Crippen LogP contribution in [0.4, 0.5) is 0 Å². The molecule has 8 nitrogen and oxygen atoms in total. The minimum Gasteiger partial charge on any atom is -0.544 e. The molecule has 0 aromatic rings. The third-order valence-corrected chi connectivity index (χ3v) is 9.59. The Kier molecular flexibility index (Phi) is 37.3. The van der Waals surface area contributed by atoms with Crippen molar-refractivity contribution in [1.82, 2.24) is 0 Å². The molecular weight excluding hydrogens is 715 g/mol. The van der Waals surface area contributed by atoms with Crippen LogP contribution in [0.15, 0.2) is 72.9 Å². The zero-order valence-electron chi connectivity index (χ0n) is 37.0. The summed E-state index contributed by atoms with van der Waals surface area (Å²) in [5, 5.41) is 11.6. The van der Waals surface area contributed by atoms with Crippen molar-refractivity contribution in [1.29, 1.82) is 0 Å². The van der Waals surface area contributed by atoms with Crippen molar-refractivity contribution >= 4 is 17.9 Å². The van der Waals surface area contributed by atoms with Crippen LogP contribution in [0.3, 0.4) is 0 Å². The van der Waals surface area contributed by atoms with Crippen molar-refractivity contribution in [2.24, 2.45) is 0 Å². The van der Waals surface area contributed by atoms with E-state index in [0.717, 1.165) is 70.6 Å². The average Bonchev–Trinajstić information content (AvgIpc) is 3.17. The Morgan fingerprint density at radius 2 is 0.930 bits per heavy atom. The second-order valence-corrected chi connectivity index (χ2v) is 15.9. The first-order chi connectivity index (χ1) is 27.6. The molecule has 0 saturated carbocycles. The van der Waals surface area contributed by atoms with E-state index in [0.29, 0.717) is 19.3 Å². The van der Waals surface area contributed by atoms with Gasteiger partial charge in [0.1, 0.15) is 12.6 Å². The van der Waals surface area contributed by atoms with Crippen LogP contribution in [0.1, 0.15) is 168 Å². The van der Waals surface area contributed by atoms with Gasteiger partial charge in [0.25, 0.3) is 0 Å². The molecule has 2 unspecified atom stereocenters. The molecule has 8 heteroatoms. The van der Waals surface area contributed by atoms with E-state index in [2.05, 4.69) is 86.8 Å². The number of aliphatic carboxylic acids is 1. The molecule has 0 N–H and O–H groups in total. The van der Waals surface area contributed by atoms with Crippen LogP contribution in [0.2, 0.25) is 0 Å². The molecule has 57 heavy (non-hydrogen) atoms. The number of quaternary nitrogens is 1. The molecule has 0 aromatic carbocycles. The quantitative estimate of drug-likeness (QED) is 0.0264. The van der Waals surface area contributed by atoms with Crippen molar-refractivity contribution < 1.29 is 38.2 Å². The van der Waals surface area contributed by atoms with Gasteiger partial charge in [-0.1, -0.05) is 145 Å². The number of nitrogens with zero attached hydrogens (tertiary/aromatic N) is 1. The SMILES string of the molecule is CC/C=C/C/C=C/C/C=C/CCCCCCCCCCCCCC(=O)OC(COCCC(C(=O)[O-])[N+](C)(C)C)COC(=O)CCCC/C=C/C/C=C/C/C=C/CC. The summed E-state index contributed by atoms with van der Waals surface area (Å²) in [4.78, 5) is 36.8. The highest BCUT2D eigenvalue weighted by Gasteiger charge is 2.25. The summed E-state index contributed by atoms with van der Waals surface area (Å²) in [7, 11) is 5.39. The molecule has 326 valence electrons. The van der Waals surface area contributed by atoms with Gasteiger partial charge < -0.3 is 28.6 Å². The summed E-state index contributed by atoms with van der Waals surface area (Å²) in [5.74, 6) is -1.80. The van der Waals surface area contributed by atoms with Gasteiger partial charge in [-0.3, -0.25) is 9.59 Å². The normalized spacial score (nSPS) is 13.6. The second-order valence-electron chi connectivity index (χ2n) is 15.9. The van der Waals surface area contributed by atoms with Crippen LogP contribution < -0.4 is 5.11 Å². The maximum absolute atomic E-state index is 12.7. The van der Waals surface area contributed by atoms with Gasteiger partial charge in [0, 0.05) is 19.3 Å². The highest BCUT2D eigenvalue weighted by atomic mass is 16.6. The minimum absolute atomic E-state index is 0.0244. The summed E-state index contributed by atoms with van der Waals surface area (Å²) in [5.41, 5.74) is 0. The molecule has 0 spiro atoms. The minimum atomic E-state index is -1.13. The Bertz CT molecular complexity index is 1160. The van der Waals surface area contributed by atoms with Gasteiger partial charge in [0.05, 0.1) is 40.3 Å². The number of allylic oxidation sites excluding steroid dienone is 12. The second kappa shape index (κ2) is 39.6. The van der Waals surface area contributed by atoms with E-state index in [1.54, 1.807) is 21.1 Å². The lowest BCUT2D eigenvalue weighted by Gasteiger charge is -2.34. The Hall–Kier alpha value is -3.23. The van der Waals surface area contributed by atoms with Gasteiger partial charge in [0.15, 0.2) is 6.10 Å². The predicted molar refractivity (Wildman–Crippen MR) is 235 cm³/mol. The molecule has 0 heterocycles. The summed E-state index contributed by atoms with van der Waals surface area (Å²) in [6.07, 6.45) is 49.4. The summed E-state index contributed by atoms with van der Waals surface area (Å²) < 4.78 is 17.1. The molecule has 0 radical (unpaired) electrons. The third-order valence-electron chi connectivity index (χ3n) is 9.59. The standard InChI is InChI=1S/C49H83NO7/c1-6-8-10-12-14-16-18-20-21-22-23-24-25-26-27-28-30-32-34-36-38-40-48(52)57-45(43-55-42-41-46(49(53)54)50(3,4)5)44-56-47(51)39-37-35-33-31-29-19-17-15-13-11-9-7-2/h8-11,14-17,20-21,29,31,45-46H,6-7,12-13,18-19,22-28,30,32-44H2,1-5H3/b10-8+,11-9+,16-14+,17-15+,21-20+,31-29+. The van der Waals surface area contributed by atoms with Crippen molar-refractivity contribution in [2.45, 2.75) is 180 Å². The zero-order chi connectivity index (χ0) is 42.1. The Balaban J connectivity index is 4.32. The van der Waals surface area contributed by atoms with E-state index in [4.69, 9.17) is 14.2 Å². The van der Waals surface area contributed by atoms with Crippen LogP contribution in [0.5, 0.6) is 0 Å². The van der Waals surface area contributed by atoms with Gasteiger partial charge in [-0.15, -0.1) is 0 Å². The highest BCUT2D eigenvalue weighted by Crippen LogP contribution is 2.14. The van der Waals surface area contributed by atoms with E-state index in [9.17, 15) is 19.5 Å². The lowest BCUT2D eigenvalue weighted by atomic mass is 10.0. The van der Waals surface area contributed by atoms with E-state index >= 15 is 0 Å². The van der Waals surface area contributed by atoms with E-state index in [1.165, 1.54) is 57.8 Å². The Morgan fingerprint density at radius 1 is 0.526 bits per heavy atom. The van der Waals surface area contributed by atoms with Crippen LogP contribution >= 0.6 is 0 Å². The van der Waals surface area contributed by atoms with E-state index in [1.807, 2.05) is 0 Å². The number of rotatable bonds is 39. The van der Waals surface area contributed by atoms with Gasteiger partial charge in [-0.2, -0.15) is 0 Å². The maximum atomic E-state index is 12.7. The van der Waals surface area contributed by atoms with Gasteiger partial charge in [-0.05, 0) is 77.0 Å². The number of hydrogen-bond donors (Lipinski definition) is 0. The summed E-state index contributed by atoms with van der Waals surface area (Å²) >= 11 is 0. The number of carbonyl (C=O) groups is 3. The molecule has 0 fully saturated rings. The Morgan fingerprint density at radius 3 is 1.40 bits per heavy atom. The van der Waals surface area contributed by atoms with Gasteiger partial charge >= 0.3 is 11.9 Å². The van der Waals surface area contributed by atoms with Crippen molar-refractivity contribution in [3.63, 3.8) is 0 Å². The van der Waals surface area contributed by atoms with Crippen LogP contribution in [0.25, 0.3) is 0 Å². The first-order valence-corrected chi connectivity index (χ1v) is 22.5. The highest BCUT2D eigenvalue weighted by molar-refractivity contribution is 5.70. The van der Waals surface area contributed by atoms with Crippen LogP contribution in [0, 0.1) is 0 Å². The lowest BCUT2D eigenvalue weighted by molar-refractivity contribution is -0.889. The number of carbonyl (C=O) groups excluding carboxylic acids is 3. The third kappa shape index (κ3) is 38.1. The molecule has 0 bridgehead atoms. The van der Waals surface area contributed by atoms with Gasteiger partial charge in [-0.25, -0.2) is 0 Å². The smallest absolute Gasteiger partial charge is 0.306 e. The zero-order valence-corrected chi connectivity index (χ0v) is 37.0. The molecule has 0 aromatic heterocycles. The number of likely N-dealkylation sites (N-methyl/N-ethyl adjacent to an activating group) is 1. The topological polar surface area (TPSA) is 102 Å². The number of carboxylic acids is 1. The fourth-order valence-electron chi connectivity index (χ4n) is 6.16. The first-order valence-electron chi connectivity index (χ1n) is 22.5. The molecule has 0 amide bonds. The Labute approximate surface area is 349 Å². The molecule has 0 saturated heterocycles.